The predicted molar refractivity (Wildman–Crippen MR) is 145 cm³/mol. The summed E-state index contributed by atoms with van der Waals surface area (Å²) in [6.07, 6.45) is 3.14. The van der Waals surface area contributed by atoms with Gasteiger partial charge in [-0.2, -0.15) is 0 Å². The van der Waals surface area contributed by atoms with Crippen LogP contribution in [0.2, 0.25) is 0 Å². The molecule has 0 bridgehead atoms. The van der Waals surface area contributed by atoms with Crippen molar-refractivity contribution in [3.05, 3.63) is 57.9 Å². The number of hydrogen-bond acceptors (Lipinski definition) is 7. The van der Waals surface area contributed by atoms with Gasteiger partial charge < -0.3 is 30.1 Å². The van der Waals surface area contributed by atoms with Crippen molar-refractivity contribution in [1.29, 1.82) is 0 Å². The normalized spacial score (nSPS) is 22.8. The Hall–Kier alpha value is -3.25. The van der Waals surface area contributed by atoms with Gasteiger partial charge in [0, 0.05) is 15.8 Å². The van der Waals surface area contributed by atoms with E-state index in [2.05, 4.69) is 65.8 Å². The Morgan fingerprint density at radius 1 is 1.00 bits per heavy atom. The summed E-state index contributed by atoms with van der Waals surface area (Å²) in [6.45, 7) is 0.836. The van der Waals surface area contributed by atoms with E-state index in [0.29, 0.717) is 0 Å². The summed E-state index contributed by atoms with van der Waals surface area (Å²) in [5.74, 6) is -5.02. The van der Waals surface area contributed by atoms with Crippen molar-refractivity contribution < 1.29 is 39.5 Å². The Balaban J connectivity index is 0.000000233. The maximum absolute atomic E-state index is 10.3. The summed E-state index contributed by atoms with van der Waals surface area (Å²) in [5.41, 5.74) is 1.36. The van der Waals surface area contributed by atoms with Crippen LogP contribution in [0.3, 0.4) is 0 Å². The minimum Gasteiger partial charge on any atom is -0.481 e. The van der Waals surface area contributed by atoms with Crippen molar-refractivity contribution in [2.75, 3.05) is 20.7 Å². The minimum atomic E-state index is -2.74. The number of thiophene rings is 1. The highest BCUT2D eigenvalue weighted by molar-refractivity contribution is 7.10. The van der Waals surface area contributed by atoms with E-state index in [1.54, 1.807) is 0 Å². The molecule has 2 aliphatic rings. The molecule has 2 aromatic heterocycles. The number of nitrogens with zero attached hydrogens (tertiary/aromatic N) is 1. The van der Waals surface area contributed by atoms with Gasteiger partial charge in [0.25, 0.3) is 0 Å². The molecule has 1 spiro atoms. The van der Waals surface area contributed by atoms with Crippen LogP contribution in [-0.2, 0) is 36.7 Å². The van der Waals surface area contributed by atoms with Gasteiger partial charge in [0.2, 0.25) is 0 Å². The Labute approximate surface area is 229 Å². The number of nitrogens with one attached hydrogen (secondary N) is 1. The second-order valence-corrected chi connectivity index (χ2v) is 11.4. The molecular weight excluding hydrogens is 524 g/mol. The number of aliphatic hydroxyl groups is 1. The molecule has 5 rings (SSSR count). The number of carboxylic acids is 3. The molecule has 1 saturated carbocycles. The lowest BCUT2D eigenvalue weighted by atomic mass is 9.70. The first-order valence-corrected chi connectivity index (χ1v) is 13.7. The van der Waals surface area contributed by atoms with Crippen molar-refractivity contribution in [2.24, 2.45) is 0 Å². The van der Waals surface area contributed by atoms with Crippen LogP contribution in [-0.4, -0.2) is 74.5 Å². The fraction of sp³-hybridized carbons (Fsp3) is 0.464. The highest BCUT2D eigenvalue weighted by Gasteiger charge is 2.49. The van der Waals surface area contributed by atoms with Gasteiger partial charge in [-0.15, -0.1) is 11.3 Å². The fourth-order valence-electron chi connectivity index (χ4n) is 5.90. The maximum atomic E-state index is 10.3. The number of carbonyl (C=O) groups is 3. The molecule has 0 unspecified atom stereocenters. The number of fused-ring (bicyclic) bond motifs is 4. The smallest absolute Gasteiger partial charge is 0.336 e. The Bertz CT molecular complexity index is 1320. The first-order chi connectivity index (χ1) is 18.4. The van der Waals surface area contributed by atoms with E-state index in [1.807, 2.05) is 11.3 Å². The van der Waals surface area contributed by atoms with Crippen molar-refractivity contribution >= 4 is 40.1 Å². The van der Waals surface area contributed by atoms with E-state index in [1.165, 1.54) is 27.0 Å². The zero-order valence-electron chi connectivity index (χ0n) is 22.0. The molecule has 11 heteroatoms. The third-order valence-corrected chi connectivity index (χ3v) is 9.07. The quantitative estimate of drug-likeness (QED) is 0.291. The van der Waals surface area contributed by atoms with Crippen LogP contribution in [0.5, 0.6) is 0 Å². The van der Waals surface area contributed by atoms with E-state index < -0.39 is 36.4 Å². The molecular formula is C28H34N2O8S. The first-order valence-electron chi connectivity index (χ1n) is 12.8. The molecule has 1 fully saturated rings. The van der Waals surface area contributed by atoms with Gasteiger partial charge in [-0.05, 0) is 69.3 Å². The molecule has 5 N–H and O–H groups in total. The number of para-hydroxylation sites is 1. The number of aromatic amines is 1. The van der Waals surface area contributed by atoms with E-state index in [9.17, 15) is 14.4 Å². The van der Waals surface area contributed by atoms with Crippen LogP contribution in [0.1, 0.15) is 54.7 Å². The number of hydrogen-bond donors (Lipinski definition) is 5. The summed E-state index contributed by atoms with van der Waals surface area (Å²) in [5, 5.41) is 37.4. The molecule has 1 aliphatic carbocycles. The van der Waals surface area contributed by atoms with Gasteiger partial charge in [0.05, 0.1) is 30.7 Å². The Kier molecular flexibility index (Phi) is 8.17. The number of H-pyrrole nitrogens is 1. The van der Waals surface area contributed by atoms with Crippen molar-refractivity contribution in [2.45, 2.75) is 61.7 Å². The SMILES string of the molecule is CN(C)C1(c2cccs2)CCC2(CC1)OCCc1c2[nH]c2ccccc12.O=C(O)CC(O)(CC(=O)O)C(=O)O. The van der Waals surface area contributed by atoms with E-state index in [0.717, 1.165) is 38.7 Å². The summed E-state index contributed by atoms with van der Waals surface area (Å²) >= 11 is 1.89. The van der Waals surface area contributed by atoms with Crippen LogP contribution >= 0.6 is 11.3 Å². The van der Waals surface area contributed by atoms with Gasteiger partial charge in [-0.25, -0.2) is 4.79 Å². The topological polar surface area (TPSA) is 160 Å². The number of rotatable bonds is 7. The zero-order chi connectivity index (χ0) is 28.4. The lowest BCUT2D eigenvalue weighted by molar-refractivity contribution is -0.170. The summed E-state index contributed by atoms with van der Waals surface area (Å²) in [4.78, 5) is 38.1. The second-order valence-electron chi connectivity index (χ2n) is 10.5. The van der Waals surface area contributed by atoms with E-state index in [-0.39, 0.29) is 11.1 Å². The summed E-state index contributed by atoms with van der Waals surface area (Å²) < 4.78 is 6.51. The fourth-order valence-corrected chi connectivity index (χ4v) is 6.97. The van der Waals surface area contributed by atoms with E-state index in [4.69, 9.17) is 25.2 Å². The lowest BCUT2D eigenvalue weighted by Crippen LogP contribution is -2.49. The molecule has 3 aromatic rings. The molecule has 0 amide bonds. The third kappa shape index (κ3) is 5.58. The summed E-state index contributed by atoms with van der Waals surface area (Å²) in [6, 6.07) is 13.2. The average Bonchev–Trinajstić information content (AvgIpc) is 3.54. The monoisotopic (exact) mass is 558 g/mol. The maximum Gasteiger partial charge on any atom is 0.336 e. The zero-order valence-corrected chi connectivity index (χ0v) is 22.8. The molecule has 1 aromatic carbocycles. The molecule has 0 radical (unpaired) electrons. The minimum absolute atomic E-state index is 0.136. The van der Waals surface area contributed by atoms with Gasteiger partial charge >= 0.3 is 17.9 Å². The molecule has 10 nitrogen and oxygen atoms in total. The van der Waals surface area contributed by atoms with Gasteiger partial charge in [-0.3, -0.25) is 14.5 Å². The van der Waals surface area contributed by atoms with Crippen LogP contribution < -0.4 is 0 Å². The van der Waals surface area contributed by atoms with Crippen molar-refractivity contribution in [3.63, 3.8) is 0 Å². The standard InChI is InChI=1S/C22H26N2OS.C6H8O7/c1-24(2)21(19-8-5-15-26-19)10-12-22(13-11-21)20-17(9-14-25-22)16-6-3-4-7-18(16)23-20;7-3(8)1-6(13,5(11)12)2-4(9)10/h3-8,15,23H,9-14H2,1-2H3;13H,1-2H2,(H,7,8)(H,9,10)(H,11,12). The van der Waals surface area contributed by atoms with E-state index >= 15 is 0 Å². The lowest BCUT2D eigenvalue weighted by Gasteiger charge is -2.50. The van der Waals surface area contributed by atoms with Gasteiger partial charge in [0.15, 0.2) is 5.60 Å². The molecule has 0 atom stereocenters. The van der Waals surface area contributed by atoms with Crippen LogP contribution in [0, 0.1) is 0 Å². The summed E-state index contributed by atoms with van der Waals surface area (Å²) in [7, 11) is 4.46. The number of aliphatic carboxylic acids is 3. The number of carboxylic acid groups (broad SMARTS) is 3. The Morgan fingerprint density at radius 3 is 2.18 bits per heavy atom. The molecule has 1 aliphatic heterocycles. The predicted octanol–water partition coefficient (Wildman–Crippen LogP) is 3.78. The first kappa shape index (κ1) is 28.8. The Morgan fingerprint density at radius 2 is 1.64 bits per heavy atom. The highest BCUT2D eigenvalue weighted by Crippen LogP contribution is 2.53. The van der Waals surface area contributed by atoms with Gasteiger partial charge in [0.1, 0.15) is 5.60 Å². The third-order valence-electron chi connectivity index (χ3n) is 8.01. The van der Waals surface area contributed by atoms with Crippen LogP contribution in [0.4, 0.5) is 0 Å². The number of benzene rings is 1. The molecule has 210 valence electrons. The largest absolute Gasteiger partial charge is 0.481 e. The van der Waals surface area contributed by atoms with Crippen LogP contribution in [0.15, 0.2) is 41.8 Å². The molecule has 3 heterocycles. The number of ether oxygens (including phenoxy) is 1. The second kappa shape index (κ2) is 11.1. The molecule has 39 heavy (non-hydrogen) atoms. The highest BCUT2D eigenvalue weighted by atomic mass is 32.1. The average molecular weight is 559 g/mol. The van der Waals surface area contributed by atoms with Crippen molar-refractivity contribution in [3.8, 4) is 0 Å². The number of aromatic nitrogens is 1. The molecule has 0 saturated heterocycles. The van der Waals surface area contributed by atoms with Crippen LogP contribution in [0.25, 0.3) is 10.9 Å². The van der Waals surface area contributed by atoms with Crippen molar-refractivity contribution in [1.82, 2.24) is 9.88 Å². The van der Waals surface area contributed by atoms with Gasteiger partial charge in [-0.1, -0.05) is 24.3 Å².